The Balaban J connectivity index is 2.02. The molecule has 1 aromatic heterocycles. The minimum absolute atomic E-state index is 0.0551. The highest BCUT2D eigenvalue weighted by Crippen LogP contribution is 2.25. The van der Waals surface area contributed by atoms with Crippen LogP contribution < -0.4 is 5.32 Å². The Kier molecular flexibility index (Phi) is 5.15. The first-order valence-corrected chi connectivity index (χ1v) is 9.50. The molecule has 0 spiro atoms. The molecule has 0 saturated carbocycles. The first kappa shape index (κ1) is 17.9. The SMILES string of the molecule is CCS(=O)(=O)N1CCC[C@@H](C(=O)Nc2cc(C(C)(C)C)on2)C1. The highest BCUT2D eigenvalue weighted by Gasteiger charge is 2.32. The number of piperidine rings is 1. The molecule has 2 heterocycles. The van der Waals surface area contributed by atoms with E-state index in [1.165, 1.54) is 4.31 Å². The molecule has 0 radical (unpaired) electrons. The van der Waals surface area contributed by atoms with Crippen LogP contribution in [0.2, 0.25) is 0 Å². The minimum Gasteiger partial charge on any atom is -0.359 e. The lowest BCUT2D eigenvalue weighted by Crippen LogP contribution is -2.44. The van der Waals surface area contributed by atoms with Crippen LogP contribution in [-0.2, 0) is 20.2 Å². The van der Waals surface area contributed by atoms with Gasteiger partial charge in [-0.15, -0.1) is 0 Å². The van der Waals surface area contributed by atoms with Crippen LogP contribution in [0, 0.1) is 5.92 Å². The molecule has 1 N–H and O–H groups in total. The number of hydrogen-bond donors (Lipinski definition) is 1. The van der Waals surface area contributed by atoms with Crippen molar-refractivity contribution in [3.63, 3.8) is 0 Å². The Labute approximate surface area is 137 Å². The predicted octanol–water partition coefficient (Wildman–Crippen LogP) is 1.97. The fraction of sp³-hybridized carbons (Fsp3) is 0.733. The molecule has 2 rings (SSSR count). The zero-order chi connectivity index (χ0) is 17.3. The molecule has 23 heavy (non-hydrogen) atoms. The number of hydrogen-bond acceptors (Lipinski definition) is 5. The summed E-state index contributed by atoms with van der Waals surface area (Å²) in [5.41, 5.74) is -0.188. The number of nitrogens with zero attached hydrogens (tertiary/aromatic N) is 2. The Bertz CT molecular complexity index is 661. The number of rotatable bonds is 4. The van der Waals surface area contributed by atoms with Gasteiger partial charge in [-0.1, -0.05) is 25.9 Å². The predicted molar refractivity (Wildman–Crippen MR) is 87.6 cm³/mol. The molecule has 1 saturated heterocycles. The van der Waals surface area contributed by atoms with Crippen molar-refractivity contribution < 1.29 is 17.7 Å². The molecule has 1 aliphatic rings. The lowest BCUT2D eigenvalue weighted by molar-refractivity contribution is -0.120. The summed E-state index contributed by atoms with van der Waals surface area (Å²) < 4.78 is 30.6. The average Bonchev–Trinajstić information content (AvgIpc) is 2.96. The first-order valence-electron chi connectivity index (χ1n) is 7.89. The van der Waals surface area contributed by atoms with Crippen LogP contribution in [0.3, 0.4) is 0 Å². The molecule has 1 fully saturated rings. The summed E-state index contributed by atoms with van der Waals surface area (Å²) in [6.45, 7) is 8.31. The van der Waals surface area contributed by atoms with Crippen molar-refractivity contribution in [3.05, 3.63) is 11.8 Å². The van der Waals surface area contributed by atoms with Gasteiger partial charge in [0.05, 0.1) is 11.7 Å². The Morgan fingerprint density at radius 1 is 1.48 bits per heavy atom. The summed E-state index contributed by atoms with van der Waals surface area (Å²) in [6.07, 6.45) is 1.36. The van der Waals surface area contributed by atoms with Gasteiger partial charge in [0.1, 0.15) is 5.76 Å². The zero-order valence-electron chi connectivity index (χ0n) is 14.1. The van der Waals surface area contributed by atoms with E-state index in [9.17, 15) is 13.2 Å². The quantitative estimate of drug-likeness (QED) is 0.902. The van der Waals surface area contributed by atoms with Gasteiger partial charge < -0.3 is 9.84 Å². The second-order valence-electron chi connectivity index (χ2n) is 6.91. The number of carbonyl (C=O) groups excluding carboxylic acids is 1. The summed E-state index contributed by atoms with van der Waals surface area (Å²) in [4.78, 5) is 12.4. The van der Waals surface area contributed by atoms with Crippen LogP contribution >= 0.6 is 0 Å². The number of carbonyl (C=O) groups is 1. The van der Waals surface area contributed by atoms with E-state index in [4.69, 9.17) is 4.52 Å². The smallest absolute Gasteiger partial charge is 0.230 e. The molecule has 7 nitrogen and oxygen atoms in total. The number of aromatic nitrogens is 1. The van der Waals surface area contributed by atoms with Crippen LogP contribution in [0.15, 0.2) is 10.6 Å². The van der Waals surface area contributed by atoms with Gasteiger partial charge in [0.15, 0.2) is 5.82 Å². The van der Waals surface area contributed by atoms with E-state index in [0.29, 0.717) is 31.0 Å². The first-order chi connectivity index (χ1) is 10.6. The average molecular weight is 343 g/mol. The molecule has 1 aliphatic heterocycles. The third kappa shape index (κ3) is 4.32. The fourth-order valence-electron chi connectivity index (χ4n) is 2.51. The molecular formula is C15H25N3O4S. The second-order valence-corrected chi connectivity index (χ2v) is 9.17. The lowest BCUT2D eigenvalue weighted by Gasteiger charge is -2.30. The summed E-state index contributed by atoms with van der Waals surface area (Å²) in [5, 5.41) is 6.59. The van der Waals surface area contributed by atoms with Gasteiger partial charge in [-0.3, -0.25) is 4.79 Å². The van der Waals surface area contributed by atoms with Crippen molar-refractivity contribution in [2.45, 2.75) is 46.0 Å². The van der Waals surface area contributed by atoms with E-state index in [0.717, 1.165) is 0 Å². The van der Waals surface area contributed by atoms with Gasteiger partial charge in [0.2, 0.25) is 15.9 Å². The Hall–Kier alpha value is -1.41. The number of amides is 1. The minimum atomic E-state index is -3.26. The Morgan fingerprint density at radius 2 is 2.17 bits per heavy atom. The van der Waals surface area contributed by atoms with E-state index in [2.05, 4.69) is 10.5 Å². The van der Waals surface area contributed by atoms with E-state index in [1.807, 2.05) is 20.8 Å². The molecule has 1 aromatic rings. The largest absolute Gasteiger partial charge is 0.359 e. The van der Waals surface area contributed by atoms with Crippen LogP contribution in [0.1, 0.15) is 46.3 Å². The van der Waals surface area contributed by atoms with Gasteiger partial charge in [-0.25, -0.2) is 12.7 Å². The van der Waals surface area contributed by atoms with Gasteiger partial charge in [0.25, 0.3) is 0 Å². The van der Waals surface area contributed by atoms with Gasteiger partial charge >= 0.3 is 0 Å². The fourth-order valence-corrected chi connectivity index (χ4v) is 3.69. The normalized spacial score (nSPS) is 20.4. The summed E-state index contributed by atoms with van der Waals surface area (Å²) in [7, 11) is -3.26. The second kappa shape index (κ2) is 6.60. The number of nitrogens with one attached hydrogen (secondary N) is 1. The van der Waals surface area contributed by atoms with E-state index in [-0.39, 0.29) is 29.5 Å². The van der Waals surface area contributed by atoms with Crippen LogP contribution in [0.4, 0.5) is 5.82 Å². The molecule has 8 heteroatoms. The standard InChI is InChI=1S/C15H25N3O4S/c1-5-23(20,21)18-8-6-7-11(10-18)14(19)16-13-9-12(22-17-13)15(2,3)4/h9,11H,5-8,10H2,1-4H3,(H,16,17,19)/t11-/m1/s1. The molecule has 0 unspecified atom stereocenters. The summed E-state index contributed by atoms with van der Waals surface area (Å²) >= 11 is 0. The van der Waals surface area contributed by atoms with Crippen molar-refractivity contribution in [2.24, 2.45) is 5.92 Å². The maximum Gasteiger partial charge on any atom is 0.230 e. The monoisotopic (exact) mass is 343 g/mol. The van der Waals surface area contributed by atoms with Crippen LogP contribution in [0.25, 0.3) is 0 Å². The van der Waals surface area contributed by atoms with Crippen molar-refractivity contribution in [1.29, 1.82) is 0 Å². The van der Waals surface area contributed by atoms with Crippen molar-refractivity contribution in [3.8, 4) is 0 Å². The number of anilines is 1. The van der Waals surface area contributed by atoms with Crippen molar-refractivity contribution in [2.75, 3.05) is 24.2 Å². The zero-order valence-corrected chi connectivity index (χ0v) is 14.9. The highest BCUT2D eigenvalue weighted by atomic mass is 32.2. The molecule has 0 aliphatic carbocycles. The van der Waals surface area contributed by atoms with Gasteiger partial charge in [-0.2, -0.15) is 0 Å². The molecule has 1 amide bonds. The van der Waals surface area contributed by atoms with Gasteiger partial charge in [-0.05, 0) is 19.8 Å². The van der Waals surface area contributed by atoms with Crippen LogP contribution in [0.5, 0.6) is 0 Å². The van der Waals surface area contributed by atoms with E-state index < -0.39 is 10.0 Å². The van der Waals surface area contributed by atoms with Crippen molar-refractivity contribution in [1.82, 2.24) is 9.46 Å². The maximum atomic E-state index is 12.4. The third-order valence-corrected chi connectivity index (χ3v) is 5.86. The summed E-state index contributed by atoms with van der Waals surface area (Å²) in [6, 6.07) is 1.71. The van der Waals surface area contributed by atoms with Crippen LogP contribution in [-0.4, -0.2) is 42.6 Å². The molecule has 0 aromatic carbocycles. The third-order valence-electron chi connectivity index (χ3n) is 4.01. The highest BCUT2D eigenvalue weighted by molar-refractivity contribution is 7.89. The topological polar surface area (TPSA) is 92.5 Å². The number of sulfonamides is 1. The van der Waals surface area contributed by atoms with E-state index >= 15 is 0 Å². The summed E-state index contributed by atoms with van der Waals surface area (Å²) in [5.74, 6) is 0.538. The lowest BCUT2D eigenvalue weighted by atomic mass is 9.93. The molecule has 0 bridgehead atoms. The maximum absolute atomic E-state index is 12.4. The van der Waals surface area contributed by atoms with Crippen molar-refractivity contribution >= 4 is 21.7 Å². The van der Waals surface area contributed by atoms with E-state index in [1.54, 1.807) is 13.0 Å². The van der Waals surface area contributed by atoms with Gasteiger partial charge in [0, 0.05) is 24.6 Å². The molecule has 130 valence electrons. The molecular weight excluding hydrogens is 318 g/mol. The molecule has 1 atom stereocenters. The Morgan fingerprint density at radius 3 is 2.74 bits per heavy atom.